The van der Waals surface area contributed by atoms with Gasteiger partial charge in [-0.2, -0.15) is 4.73 Å². The van der Waals surface area contributed by atoms with Crippen molar-refractivity contribution in [1.82, 2.24) is 0 Å². The number of carbonyl (C=O) groups is 1. The van der Waals surface area contributed by atoms with E-state index in [-0.39, 0.29) is 5.91 Å². The van der Waals surface area contributed by atoms with Gasteiger partial charge < -0.3 is 10.1 Å². The second kappa shape index (κ2) is 5.92. The molecule has 0 bridgehead atoms. The summed E-state index contributed by atoms with van der Waals surface area (Å²) in [4.78, 5) is 18.4. The lowest BCUT2D eigenvalue weighted by atomic mass is 10.0. The molecular formula is C19H17N3O2. The molecule has 1 aromatic heterocycles. The number of carbonyl (C=O) groups excluding carboxylic acids is 1. The van der Waals surface area contributed by atoms with Crippen molar-refractivity contribution < 1.29 is 9.52 Å². The highest BCUT2D eigenvalue weighted by molar-refractivity contribution is 6.14. The standard InChI is InChI=1S/C19H17N3O2/c23-19-2-1-9-22(19)16-5-4-15-13-20-18(17(15)12-16)6-3-14-7-10-21(24)11-8-14/h3-8,10-12H,1-2,9,13H2/b6-3+. The fourth-order valence-electron chi connectivity index (χ4n) is 3.14. The van der Waals surface area contributed by atoms with Crippen LogP contribution in [0.1, 0.15) is 29.5 Å². The van der Waals surface area contributed by atoms with Gasteiger partial charge in [0.1, 0.15) is 0 Å². The molecule has 120 valence electrons. The van der Waals surface area contributed by atoms with Crippen molar-refractivity contribution >= 4 is 23.4 Å². The van der Waals surface area contributed by atoms with Crippen molar-refractivity contribution in [2.24, 2.45) is 4.99 Å². The number of anilines is 1. The number of aliphatic imine (C=N–C) groups is 1. The van der Waals surface area contributed by atoms with Crippen LogP contribution < -0.4 is 9.63 Å². The summed E-state index contributed by atoms with van der Waals surface area (Å²) in [5, 5.41) is 11.1. The molecule has 0 unspecified atom stereocenters. The number of allylic oxidation sites excluding steroid dienone is 1. The van der Waals surface area contributed by atoms with E-state index in [2.05, 4.69) is 17.1 Å². The van der Waals surface area contributed by atoms with E-state index in [0.29, 0.717) is 13.0 Å². The minimum Gasteiger partial charge on any atom is -0.619 e. The average molecular weight is 319 g/mol. The van der Waals surface area contributed by atoms with Crippen LogP contribution in [0.3, 0.4) is 0 Å². The molecule has 1 fully saturated rings. The third-order valence-electron chi connectivity index (χ3n) is 4.44. The Morgan fingerprint density at radius 1 is 1.17 bits per heavy atom. The van der Waals surface area contributed by atoms with E-state index in [1.165, 1.54) is 18.0 Å². The molecular weight excluding hydrogens is 302 g/mol. The highest BCUT2D eigenvalue weighted by Crippen LogP contribution is 2.28. The smallest absolute Gasteiger partial charge is 0.227 e. The van der Waals surface area contributed by atoms with Crippen LogP contribution in [0.2, 0.25) is 0 Å². The molecule has 0 atom stereocenters. The number of hydrogen-bond donors (Lipinski definition) is 0. The molecule has 2 aliphatic rings. The minimum absolute atomic E-state index is 0.192. The summed E-state index contributed by atoms with van der Waals surface area (Å²) in [5.74, 6) is 0.192. The molecule has 5 heteroatoms. The molecule has 4 rings (SSSR count). The summed E-state index contributed by atoms with van der Waals surface area (Å²) < 4.78 is 0.763. The third kappa shape index (κ3) is 2.69. The molecule has 1 saturated heterocycles. The van der Waals surface area contributed by atoms with Gasteiger partial charge in [-0.25, -0.2) is 0 Å². The molecule has 0 radical (unpaired) electrons. The average Bonchev–Trinajstić information content (AvgIpc) is 3.20. The number of rotatable bonds is 3. The summed E-state index contributed by atoms with van der Waals surface area (Å²) in [6, 6.07) is 9.65. The molecule has 2 aliphatic heterocycles. The number of aromatic nitrogens is 1. The van der Waals surface area contributed by atoms with E-state index in [1.807, 2.05) is 23.1 Å². The first-order chi connectivity index (χ1) is 11.7. The zero-order chi connectivity index (χ0) is 16.5. The molecule has 0 spiro atoms. The summed E-state index contributed by atoms with van der Waals surface area (Å²) in [6.45, 7) is 1.46. The number of pyridine rings is 1. The first-order valence-corrected chi connectivity index (χ1v) is 8.06. The maximum absolute atomic E-state index is 11.9. The lowest BCUT2D eigenvalue weighted by Crippen LogP contribution is -2.23. The SMILES string of the molecule is O=C1CCCN1c1ccc2c(c1)C(/C=C/c1cc[n+]([O-])cc1)=NC2. The summed E-state index contributed by atoms with van der Waals surface area (Å²) in [5.41, 5.74) is 5.07. The maximum atomic E-state index is 11.9. The number of nitrogens with zero attached hydrogens (tertiary/aromatic N) is 3. The van der Waals surface area contributed by atoms with Gasteiger partial charge >= 0.3 is 0 Å². The Labute approximate surface area is 140 Å². The van der Waals surface area contributed by atoms with Crippen LogP contribution in [0.25, 0.3) is 6.08 Å². The van der Waals surface area contributed by atoms with Gasteiger partial charge in [0.05, 0.1) is 12.3 Å². The first kappa shape index (κ1) is 14.6. The highest BCUT2D eigenvalue weighted by atomic mass is 16.5. The van der Waals surface area contributed by atoms with Crippen LogP contribution in [-0.4, -0.2) is 18.2 Å². The Balaban J connectivity index is 1.60. The van der Waals surface area contributed by atoms with Crippen molar-refractivity contribution in [3.63, 3.8) is 0 Å². The fraction of sp³-hybridized carbons (Fsp3) is 0.211. The van der Waals surface area contributed by atoms with E-state index in [0.717, 1.165) is 40.2 Å². The molecule has 0 saturated carbocycles. The largest absolute Gasteiger partial charge is 0.619 e. The van der Waals surface area contributed by atoms with Gasteiger partial charge in [0.25, 0.3) is 0 Å². The molecule has 0 N–H and O–H groups in total. The Morgan fingerprint density at radius 3 is 2.75 bits per heavy atom. The van der Waals surface area contributed by atoms with Crippen LogP contribution in [0, 0.1) is 5.21 Å². The molecule has 1 amide bonds. The van der Waals surface area contributed by atoms with Crippen molar-refractivity contribution in [3.8, 4) is 0 Å². The molecule has 0 aliphatic carbocycles. The summed E-state index contributed by atoms with van der Waals surface area (Å²) in [7, 11) is 0. The fourth-order valence-corrected chi connectivity index (χ4v) is 3.14. The predicted molar refractivity (Wildman–Crippen MR) is 92.7 cm³/mol. The van der Waals surface area contributed by atoms with Gasteiger partial charge in [-0.15, -0.1) is 0 Å². The van der Waals surface area contributed by atoms with Gasteiger partial charge in [0, 0.05) is 36.3 Å². The molecule has 2 aromatic rings. The van der Waals surface area contributed by atoms with E-state index < -0.39 is 0 Å². The van der Waals surface area contributed by atoms with Gasteiger partial charge in [0.2, 0.25) is 5.91 Å². The van der Waals surface area contributed by atoms with Gasteiger partial charge in [-0.1, -0.05) is 12.1 Å². The van der Waals surface area contributed by atoms with Crippen LogP contribution in [0.15, 0.2) is 53.8 Å². The molecule has 5 nitrogen and oxygen atoms in total. The Bertz CT molecular complexity index is 853. The molecule has 3 heterocycles. The minimum atomic E-state index is 0.192. The third-order valence-corrected chi connectivity index (χ3v) is 4.44. The lowest BCUT2D eigenvalue weighted by Gasteiger charge is -2.16. The van der Waals surface area contributed by atoms with Gasteiger partial charge in [-0.3, -0.25) is 9.79 Å². The summed E-state index contributed by atoms with van der Waals surface area (Å²) >= 11 is 0. The monoisotopic (exact) mass is 319 g/mol. The van der Waals surface area contributed by atoms with Crippen molar-refractivity contribution in [3.05, 3.63) is 70.7 Å². The number of hydrogen-bond acceptors (Lipinski definition) is 3. The lowest BCUT2D eigenvalue weighted by molar-refractivity contribution is -0.605. The second-order valence-electron chi connectivity index (χ2n) is 6.02. The van der Waals surface area contributed by atoms with Crippen LogP contribution >= 0.6 is 0 Å². The second-order valence-corrected chi connectivity index (χ2v) is 6.02. The topological polar surface area (TPSA) is 59.6 Å². The van der Waals surface area contributed by atoms with Crippen LogP contribution in [-0.2, 0) is 11.3 Å². The Morgan fingerprint density at radius 2 is 2.00 bits per heavy atom. The maximum Gasteiger partial charge on any atom is 0.227 e. The normalized spacial score (nSPS) is 16.8. The number of fused-ring (bicyclic) bond motifs is 1. The highest BCUT2D eigenvalue weighted by Gasteiger charge is 2.23. The first-order valence-electron chi connectivity index (χ1n) is 8.06. The zero-order valence-corrected chi connectivity index (χ0v) is 13.2. The van der Waals surface area contributed by atoms with Crippen LogP contribution in [0.4, 0.5) is 5.69 Å². The number of benzene rings is 1. The van der Waals surface area contributed by atoms with Gasteiger partial charge in [-0.05, 0) is 35.8 Å². The van der Waals surface area contributed by atoms with Crippen molar-refractivity contribution in [1.29, 1.82) is 0 Å². The zero-order valence-electron chi connectivity index (χ0n) is 13.2. The van der Waals surface area contributed by atoms with E-state index in [1.54, 1.807) is 12.1 Å². The Hall–Kier alpha value is -2.95. The van der Waals surface area contributed by atoms with Crippen molar-refractivity contribution in [2.75, 3.05) is 11.4 Å². The number of amides is 1. The van der Waals surface area contributed by atoms with Crippen molar-refractivity contribution in [2.45, 2.75) is 19.4 Å². The molecule has 1 aromatic carbocycles. The Kier molecular flexibility index (Phi) is 3.61. The van der Waals surface area contributed by atoms with Crippen LogP contribution in [0.5, 0.6) is 0 Å². The summed E-state index contributed by atoms with van der Waals surface area (Å²) in [6.07, 6.45) is 8.41. The predicted octanol–water partition coefficient (Wildman–Crippen LogP) is 2.46. The van der Waals surface area contributed by atoms with E-state index in [4.69, 9.17) is 0 Å². The van der Waals surface area contributed by atoms with Gasteiger partial charge in [0.15, 0.2) is 12.4 Å². The van der Waals surface area contributed by atoms with E-state index in [9.17, 15) is 10.0 Å². The molecule has 24 heavy (non-hydrogen) atoms. The quantitative estimate of drug-likeness (QED) is 0.644. The van der Waals surface area contributed by atoms with E-state index >= 15 is 0 Å².